The lowest BCUT2D eigenvalue weighted by Crippen LogP contribution is -2.41. The van der Waals surface area contributed by atoms with E-state index < -0.39 is 0 Å². The molecule has 0 spiro atoms. The van der Waals surface area contributed by atoms with Crippen LogP contribution in [-0.4, -0.2) is 64.3 Å². The van der Waals surface area contributed by atoms with Crippen LogP contribution < -0.4 is 9.47 Å². The molecule has 0 atom stereocenters. The van der Waals surface area contributed by atoms with E-state index in [1.807, 2.05) is 0 Å². The third kappa shape index (κ3) is 5.13. The Kier molecular flexibility index (Phi) is 6.41. The number of hydrogen-bond donors (Lipinski definition) is 0. The van der Waals surface area contributed by atoms with Crippen molar-refractivity contribution in [3.05, 3.63) is 41.4 Å². The van der Waals surface area contributed by atoms with Crippen LogP contribution in [0.4, 0.5) is 0 Å². The van der Waals surface area contributed by atoms with Gasteiger partial charge in [0.15, 0.2) is 0 Å². The van der Waals surface area contributed by atoms with Gasteiger partial charge in [0.1, 0.15) is 17.2 Å². The molecule has 8 nitrogen and oxygen atoms in total. The minimum Gasteiger partial charge on any atom is -0.473 e. The molecule has 2 aliphatic heterocycles. The van der Waals surface area contributed by atoms with Crippen LogP contribution in [0.2, 0.25) is 5.02 Å². The summed E-state index contributed by atoms with van der Waals surface area (Å²) in [5, 5.41) is 0.350. The van der Waals surface area contributed by atoms with Gasteiger partial charge in [0.05, 0.1) is 25.0 Å². The van der Waals surface area contributed by atoms with E-state index in [4.69, 9.17) is 25.8 Å². The highest BCUT2D eigenvalue weighted by atomic mass is 35.5. The van der Waals surface area contributed by atoms with Crippen LogP contribution in [0.5, 0.6) is 11.8 Å². The van der Waals surface area contributed by atoms with E-state index in [9.17, 15) is 4.79 Å². The van der Waals surface area contributed by atoms with Crippen LogP contribution in [0.25, 0.3) is 0 Å². The summed E-state index contributed by atoms with van der Waals surface area (Å²) in [5.41, 5.74) is 0.461. The molecule has 0 aromatic carbocycles. The number of hydrogen-bond acceptors (Lipinski definition) is 7. The fourth-order valence-electron chi connectivity index (χ4n) is 3.46. The van der Waals surface area contributed by atoms with Crippen molar-refractivity contribution in [3.8, 4) is 11.8 Å². The summed E-state index contributed by atoms with van der Waals surface area (Å²) in [4.78, 5) is 27.0. The summed E-state index contributed by atoms with van der Waals surface area (Å²) in [6.07, 6.45) is 9.47. The Bertz CT molecular complexity index is 824. The number of likely N-dealkylation sites (tertiary alicyclic amines) is 1. The van der Waals surface area contributed by atoms with E-state index in [1.165, 1.54) is 6.20 Å². The second-order valence-electron chi connectivity index (χ2n) is 7.09. The highest BCUT2D eigenvalue weighted by molar-refractivity contribution is 6.32. The minimum atomic E-state index is -0.0880. The molecule has 2 aromatic heterocycles. The standard InChI is InChI=1S/C20H23ClN4O4/c21-17-11-14(12-24-19(17)29-16-3-9-27-10-4-16)20(26)25-7-1-15(2-8-25)28-18-13-22-5-6-23-18/h5-6,11-13,15-16H,1-4,7-10H2. The lowest BCUT2D eigenvalue weighted by atomic mass is 10.1. The molecule has 4 heterocycles. The van der Waals surface area contributed by atoms with Gasteiger partial charge in [-0.05, 0) is 6.07 Å². The van der Waals surface area contributed by atoms with E-state index in [0.717, 1.165) is 25.7 Å². The molecule has 0 unspecified atom stereocenters. The molecule has 154 valence electrons. The van der Waals surface area contributed by atoms with Gasteiger partial charge in [-0.15, -0.1) is 0 Å². The smallest absolute Gasteiger partial charge is 0.255 e. The number of amides is 1. The largest absolute Gasteiger partial charge is 0.473 e. The third-order valence-electron chi connectivity index (χ3n) is 5.06. The topological polar surface area (TPSA) is 86.7 Å². The van der Waals surface area contributed by atoms with Gasteiger partial charge in [0.2, 0.25) is 11.8 Å². The number of rotatable bonds is 5. The first kappa shape index (κ1) is 19.8. The van der Waals surface area contributed by atoms with Crippen molar-refractivity contribution in [1.82, 2.24) is 19.9 Å². The van der Waals surface area contributed by atoms with Gasteiger partial charge in [-0.3, -0.25) is 9.78 Å². The van der Waals surface area contributed by atoms with Gasteiger partial charge in [-0.1, -0.05) is 11.6 Å². The van der Waals surface area contributed by atoms with Gasteiger partial charge in [0.25, 0.3) is 5.91 Å². The fourth-order valence-corrected chi connectivity index (χ4v) is 3.67. The Hall–Kier alpha value is -2.45. The van der Waals surface area contributed by atoms with Crippen molar-refractivity contribution >= 4 is 17.5 Å². The molecule has 0 radical (unpaired) electrons. The van der Waals surface area contributed by atoms with Crippen LogP contribution in [0.15, 0.2) is 30.9 Å². The van der Waals surface area contributed by atoms with E-state index in [2.05, 4.69) is 15.0 Å². The second kappa shape index (κ2) is 9.37. The SMILES string of the molecule is O=C(c1cnc(OC2CCOCC2)c(Cl)c1)N1CCC(Oc2cnccn2)CC1. The minimum absolute atomic E-state index is 0.0210. The van der Waals surface area contributed by atoms with Crippen molar-refractivity contribution in [2.45, 2.75) is 37.9 Å². The number of ether oxygens (including phenoxy) is 3. The second-order valence-corrected chi connectivity index (χ2v) is 7.50. The van der Waals surface area contributed by atoms with E-state index in [1.54, 1.807) is 29.6 Å². The molecule has 0 bridgehead atoms. The number of nitrogens with zero attached hydrogens (tertiary/aromatic N) is 4. The van der Waals surface area contributed by atoms with Crippen LogP contribution in [-0.2, 0) is 4.74 Å². The summed E-state index contributed by atoms with van der Waals surface area (Å²) in [5.74, 6) is 0.787. The number of carbonyl (C=O) groups is 1. The van der Waals surface area contributed by atoms with Crippen LogP contribution in [0.1, 0.15) is 36.0 Å². The molecular formula is C20H23ClN4O4. The van der Waals surface area contributed by atoms with Gasteiger partial charge in [-0.25, -0.2) is 9.97 Å². The zero-order chi connectivity index (χ0) is 20.1. The van der Waals surface area contributed by atoms with Gasteiger partial charge in [-0.2, -0.15) is 0 Å². The summed E-state index contributed by atoms with van der Waals surface area (Å²) in [7, 11) is 0. The lowest BCUT2D eigenvalue weighted by Gasteiger charge is -2.32. The number of halogens is 1. The van der Waals surface area contributed by atoms with E-state index >= 15 is 0 Å². The van der Waals surface area contributed by atoms with E-state index in [-0.39, 0.29) is 18.1 Å². The first-order valence-electron chi connectivity index (χ1n) is 9.81. The van der Waals surface area contributed by atoms with Crippen molar-refractivity contribution in [1.29, 1.82) is 0 Å². The van der Waals surface area contributed by atoms with Crippen molar-refractivity contribution in [2.75, 3.05) is 26.3 Å². The van der Waals surface area contributed by atoms with Crippen molar-refractivity contribution < 1.29 is 19.0 Å². The van der Waals surface area contributed by atoms with Gasteiger partial charge in [0, 0.05) is 57.4 Å². The maximum atomic E-state index is 12.8. The highest BCUT2D eigenvalue weighted by Gasteiger charge is 2.26. The predicted molar refractivity (Wildman–Crippen MR) is 105 cm³/mol. The van der Waals surface area contributed by atoms with E-state index in [0.29, 0.717) is 48.6 Å². The molecule has 2 fully saturated rings. The zero-order valence-corrected chi connectivity index (χ0v) is 16.8. The van der Waals surface area contributed by atoms with Crippen molar-refractivity contribution in [3.63, 3.8) is 0 Å². The zero-order valence-electron chi connectivity index (χ0n) is 16.0. The molecule has 9 heteroatoms. The third-order valence-corrected chi connectivity index (χ3v) is 5.33. The molecule has 0 aliphatic carbocycles. The summed E-state index contributed by atoms with van der Waals surface area (Å²) in [6.45, 7) is 2.55. The monoisotopic (exact) mass is 418 g/mol. The molecule has 2 aliphatic rings. The normalized spacial score (nSPS) is 18.4. The number of carbonyl (C=O) groups excluding carboxylic acids is 1. The summed E-state index contributed by atoms with van der Waals surface area (Å²) >= 11 is 6.32. The fraction of sp³-hybridized carbons (Fsp3) is 0.500. The van der Waals surface area contributed by atoms with Gasteiger partial charge < -0.3 is 19.1 Å². The molecule has 2 saturated heterocycles. The van der Waals surface area contributed by atoms with Crippen molar-refractivity contribution in [2.24, 2.45) is 0 Å². The summed E-state index contributed by atoms with van der Waals surface area (Å²) < 4.78 is 17.0. The molecule has 2 aromatic rings. The molecule has 4 rings (SSSR count). The maximum Gasteiger partial charge on any atom is 0.255 e. The molecular weight excluding hydrogens is 396 g/mol. The lowest BCUT2D eigenvalue weighted by molar-refractivity contribution is 0.0238. The Morgan fingerprint density at radius 2 is 1.79 bits per heavy atom. The highest BCUT2D eigenvalue weighted by Crippen LogP contribution is 2.27. The average molecular weight is 419 g/mol. The van der Waals surface area contributed by atoms with Crippen LogP contribution in [0, 0.1) is 0 Å². The first-order chi connectivity index (χ1) is 14.2. The van der Waals surface area contributed by atoms with Crippen LogP contribution >= 0.6 is 11.6 Å². The quantitative estimate of drug-likeness (QED) is 0.737. The number of aromatic nitrogens is 3. The number of piperidine rings is 1. The first-order valence-corrected chi connectivity index (χ1v) is 10.2. The molecule has 0 N–H and O–H groups in total. The Labute approximate surface area is 174 Å². The number of pyridine rings is 1. The predicted octanol–water partition coefficient (Wildman–Crippen LogP) is 2.77. The van der Waals surface area contributed by atoms with Gasteiger partial charge >= 0.3 is 0 Å². The molecule has 0 saturated carbocycles. The Morgan fingerprint density at radius 1 is 1.03 bits per heavy atom. The Balaban J connectivity index is 1.32. The maximum absolute atomic E-state index is 12.8. The molecule has 29 heavy (non-hydrogen) atoms. The Morgan fingerprint density at radius 3 is 2.48 bits per heavy atom. The average Bonchev–Trinajstić information content (AvgIpc) is 2.77. The summed E-state index contributed by atoms with van der Waals surface area (Å²) in [6, 6.07) is 1.63. The molecule has 1 amide bonds. The van der Waals surface area contributed by atoms with Crippen LogP contribution in [0.3, 0.4) is 0 Å².